The molecule has 0 aliphatic heterocycles. The first-order valence-electron chi connectivity index (χ1n) is 5.79. The van der Waals surface area contributed by atoms with Crippen LogP contribution in [0.25, 0.3) is 0 Å². The Balaban J connectivity index is 2.48. The lowest BCUT2D eigenvalue weighted by Crippen LogP contribution is -2.22. The summed E-state index contributed by atoms with van der Waals surface area (Å²) in [6.45, 7) is 3.41. The third kappa shape index (κ3) is 5.31. The quantitative estimate of drug-likeness (QED) is 0.849. The van der Waals surface area contributed by atoms with Crippen molar-refractivity contribution in [2.75, 3.05) is 18.6 Å². The molecule has 0 radical (unpaired) electrons. The highest BCUT2D eigenvalue weighted by Crippen LogP contribution is 2.29. The summed E-state index contributed by atoms with van der Waals surface area (Å²) in [4.78, 5) is 0. The van der Waals surface area contributed by atoms with E-state index in [2.05, 4.69) is 12.2 Å². The zero-order chi connectivity index (χ0) is 13.6. The van der Waals surface area contributed by atoms with Gasteiger partial charge in [0.2, 0.25) is 0 Å². The predicted octanol–water partition coefficient (Wildman–Crippen LogP) is 3.79. The summed E-state index contributed by atoms with van der Waals surface area (Å²) in [6.07, 6.45) is -2.22. The minimum atomic E-state index is -4.26. The van der Waals surface area contributed by atoms with Crippen molar-refractivity contribution in [1.29, 1.82) is 0 Å². The van der Waals surface area contributed by atoms with Crippen molar-refractivity contribution >= 4 is 11.8 Å². The van der Waals surface area contributed by atoms with Gasteiger partial charge in [0.15, 0.2) is 0 Å². The number of nitrogens with one attached hydrogen (secondary N) is 1. The molecule has 0 saturated heterocycles. The van der Waals surface area contributed by atoms with Crippen molar-refractivity contribution in [3.8, 4) is 0 Å². The van der Waals surface area contributed by atoms with Gasteiger partial charge in [0, 0.05) is 6.54 Å². The molecule has 0 fully saturated rings. The highest BCUT2D eigenvalue weighted by molar-refractivity contribution is 7.98. The second-order valence-corrected chi connectivity index (χ2v) is 5.30. The third-order valence-corrected chi connectivity index (χ3v) is 3.43. The Morgan fingerprint density at radius 2 is 2.06 bits per heavy atom. The predicted molar refractivity (Wildman–Crippen MR) is 70.7 cm³/mol. The van der Waals surface area contributed by atoms with Crippen LogP contribution in [-0.2, 0) is 12.7 Å². The van der Waals surface area contributed by atoms with Gasteiger partial charge in [0.05, 0.1) is 5.56 Å². The van der Waals surface area contributed by atoms with Gasteiger partial charge in [-0.25, -0.2) is 0 Å². The molecule has 0 saturated carbocycles. The Morgan fingerprint density at radius 1 is 1.33 bits per heavy atom. The molecule has 0 bridgehead atoms. The van der Waals surface area contributed by atoms with Crippen molar-refractivity contribution in [1.82, 2.24) is 5.32 Å². The lowest BCUT2D eigenvalue weighted by atomic mass is 10.1. The maximum atomic E-state index is 12.5. The van der Waals surface area contributed by atoms with Gasteiger partial charge in [0.1, 0.15) is 0 Å². The van der Waals surface area contributed by atoms with E-state index in [0.717, 1.165) is 18.4 Å². The molecule has 1 nitrogen and oxygen atoms in total. The normalized spacial score (nSPS) is 13.6. The van der Waals surface area contributed by atoms with Crippen LogP contribution in [0.1, 0.15) is 18.1 Å². The largest absolute Gasteiger partial charge is 0.416 e. The average Bonchev–Trinajstić information content (AvgIpc) is 2.29. The molecule has 1 rings (SSSR count). The van der Waals surface area contributed by atoms with Crippen LogP contribution in [0.4, 0.5) is 13.2 Å². The molecule has 1 atom stereocenters. The molecule has 0 spiro atoms. The van der Waals surface area contributed by atoms with Crippen LogP contribution in [0, 0.1) is 5.92 Å². The second kappa shape index (κ2) is 7.04. The smallest absolute Gasteiger partial charge is 0.312 e. The van der Waals surface area contributed by atoms with Crippen molar-refractivity contribution in [3.63, 3.8) is 0 Å². The molecular weight excluding hydrogens is 259 g/mol. The number of rotatable bonds is 6. The first kappa shape index (κ1) is 15.4. The molecular formula is C13H18F3NS. The maximum Gasteiger partial charge on any atom is 0.416 e. The minimum Gasteiger partial charge on any atom is -0.312 e. The van der Waals surface area contributed by atoms with E-state index in [9.17, 15) is 13.2 Å². The fraction of sp³-hybridized carbons (Fsp3) is 0.538. The number of thioether (sulfide) groups is 1. The monoisotopic (exact) mass is 277 g/mol. The topological polar surface area (TPSA) is 12.0 Å². The molecule has 18 heavy (non-hydrogen) atoms. The van der Waals surface area contributed by atoms with Gasteiger partial charge in [-0.2, -0.15) is 24.9 Å². The first-order valence-corrected chi connectivity index (χ1v) is 7.18. The van der Waals surface area contributed by atoms with Crippen LogP contribution in [0.2, 0.25) is 0 Å². The van der Waals surface area contributed by atoms with Crippen LogP contribution in [0.15, 0.2) is 24.3 Å². The zero-order valence-electron chi connectivity index (χ0n) is 10.6. The zero-order valence-corrected chi connectivity index (χ0v) is 11.4. The minimum absolute atomic E-state index is 0.475. The lowest BCUT2D eigenvalue weighted by molar-refractivity contribution is -0.137. The van der Waals surface area contributed by atoms with E-state index in [1.165, 1.54) is 12.1 Å². The summed E-state index contributed by atoms with van der Waals surface area (Å²) in [6, 6.07) is 5.46. The Bertz CT molecular complexity index is 365. The van der Waals surface area contributed by atoms with Gasteiger partial charge < -0.3 is 5.32 Å². The molecule has 0 amide bonds. The van der Waals surface area contributed by atoms with Crippen molar-refractivity contribution in [2.24, 2.45) is 5.92 Å². The SMILES string of the molecule is CSCC(C)CNCc1cccc(C(F)(F)F)c1. The molecule has 0 aliphatic carbocycles. The van der Waals surface area contributed by atoms with Gasteiger partial charge >= 0.3 is 6.18 Å². The number of halogens is 3. The lowest BCUT2D eigenvalue weighted by Gasteiger charge is -2.12. The Hall–Kier alpha value is -0.680. The van der Waals surface area contributed by atoms with Gasteiger partial charge in [-0.1, -0.05) is 25.1 Å². The van der Waals surface area contributed by atoms with E-state index in [-0.39, 0.29) is 0 Å². The van der Waals surface area contributed by atoms with Crippen LogP contribution in [0.3, 0.4) is 0 Å². The number of alkyl halides is 3. The van der Waals surface area contributed by atoms with Gasteiger partial charge in [-0.05, 0) is 36.1 Å². The first-order chi connectivity index (χ1) is 8.43. The number of benzene rings is 1. The summed E-state index contributed by atoms with van der Waals surface area (Å²) < 4.78 is 37.5. The average molecular weight is 277 g/mol. The molecule has 1 aromatic carbocycles. The Labute approximate surface area is 110 Å². The highest BCUT2D eigenvalue weighted by atomic mass is 32.2. The molecule has 0 aliphatic rings. The maximum absolute atomic E-state index is 12.5. The van der Waals surface area contributed by atoms with E-state index in [1.54, 1.807) is 17.8 Å². The Kier molecular flexibility index (Phi) is 6.02. The van der Waals surface area contributed by atoms with Gasteiger partial charge in [-0.15, -0.1) is 0 Å². The van der Waals surface area contributed by atoms with E-state index >= 15 is 0 Å². The summed E-state index contributed by atoms with van der Waals surface area (Å²) in [5, 5.41) is 3.18. The van der Waals surface area contributed by atoms with Crippen LogP contribution in [-0.4, -0.2) is 18.6 Å². The van der Waals surface area contributed by atoms with Crippen LogP contribution < -0.4 is 5.32 Å². The molecule has 0 heterocycles. The third-order valence-electron chi connectivity index (χ3n) is 2.53. The van der Waals surface area contributed by atoms with Crippen LogP contribution in [0.5, 0.6) is 0 Å². The van der Waals surface area contributed by atoms with E-state index < -0.39 is 11.7 Å². The second-order valence-electron chi connectivity index (χ2n) is 4.39. The molecule has 1 unspecified atom stereocenters. The molecule has 0 aromatic heterocycles. The van der Waals surface area contributed by atoms with Crippen molar-refractivity contribution in [3.05, 3.63) is 35.4 Å². The van der Waals surface area contributed by atoms with E-state index in [1.807, 2.05) is 6.26 Å². The molecule has 1 N–H and O–H groups in total. The summed E-state index contributed by atoms with van der Waals surface area (Å²) in [5.74, 6) is 1.57. The van der Waals surface area contributed by atoms with E-state index in [4.69, 9.17) is 0 Å². The molecule has 5 heteroatoms. The standard InChI is InChI=1S/C13H18F3NS/c1-10(9-18-2)7-17-8-11-4-3-5-12(6-11)13(14,15)16/h3-6,10,17H,7-9H2,1-2H3. The van der Waals surface area contributed by atoms with Crippen molar-refractivity contribution in [2.45, 2.75) is 19.6 Å². The van der Waals surface area contributed by atoms with Gasteiger partial charge in [0.25, 0.3) is 0 Å². The highest BCUT2D eigenvalue weighted by Gasteiger charge is 2.30. The summed E-state index contributed by atoms with van der Waals surface area (Å²) in [7, 11) is 0. The fourth-order valence-corrected chi connectivity index (χ4v) is 2.35. The molecule has 1 aromatic rings. The Morgan fingerprint density at radius 3 is 2.67 bits per heavy atom. The van der Waals surface area contributed by atoms with E-state index in [0.29, 0.717) is 18.0 Å². The van der Waals surface area contributed by atoms with Crippen LogP contribution >= 0.6 is 11.8 Å². The summed E-state index contributed by atoms with van der Waals surface area (Å²) >= 11 is 1.77. The molecule has 102 valence electrons. The number of hydrogen-bond donors (Lipinski definition) is 1. The van der Waals surface area contributed by atoms with Crippen molar-refractivity contribution < 1.29 is 13.2 Å². The summed E-state index contributed by atoms with van der Waals surface area (Å²) in [5.41, 5.74) is 0.0835. The fourth-order valence-electron chi connectivity index (χ4n) is 1.66. The number of hydrogen-bond acceptors (Lipinski definition) is 2. The van der Waals surface area contributed by atoms with Gasteiger partial charge in [-0.3, -0.25) is 0 Å².